The summed E-state index contributed by atoms with van der Waals surface area (Å²) >= 11 is 0. The molecule has 0 aromatic heterocycles. The van der Waals surface area contributed by atoms with Crippen LogP contribution in [-0.2, 0) is 11.3 Å². The predicted molar refractivity (Wildman–Crippen MR) is 87.0 cm³/mol. The highest BCUT2D eigenvalue weighted by atomic mass is 16.6. The van der Waals surface area contributed by atoms with Crippen LogP contribution >= 0.6 is 0 Å². The third-order valence-electron chi connectivity index (χ3n) is 3.60. The molecule has 0 saturated carbocycles. The molecule has 22 heavy (non-hydrogen) atoms. The van der Waals surface area contributed by atoms with Crippen molar-refractivity contribution in [3.63, 3.8) is 0 Å². The Kier molecular flexibility index (Phi) is 5.29. The van der Waals surface area contributed by atoms with Crippen LogP contribution in [0.25, 0.3) is 0 Å². The summed E-state index contributed by atoms with van der Waals surface area (Å²) in [6, 6.07) is 8.14. The Morgan fingerprint density at radius 3 is 2.41 bits per heavy atom. The number of nitrogens with zero attached hydrogens (tertiary/aromatic N) is 1. The quantitative estimate of drug-likeness (QED) is 0.901. The number of anilines is 1. The Morgan fingerprint density at radius 2 is 1.86 bits per heavy atom. The van der Waals surface area contributed by atoms with Gasteiger partial charge in [-0.3, -0.25) is 0 Å². The molecule has 1 aliphatic heterocycles. The maximum Gasteiger partial charge on any atom is 0.407 e. The summed E-state index contributed by atoms with van der Waals surface area (Å²) in [5.41, 5.74) is 1.71. The number of nitrogens with one attached hydrogen (secondary N) is 1. The van der Waals surface area contributed by atoms with Crippen molar-refractivity contribution < 1.29 is 14.6 Å². The molecule has 5 heteroatoms. The number of carbonyl (C=O) groups excluding carboxylic acids is 1. The molecule has 1 fully saturated rings. The summed E-state index contributed by atoms with van der Waals surface area (Å²) < 4.78 is 5.21. The molecule has 1 aromatic rings. The average Bonchev–Trinajstić information content (AvgIpc) is 2.45. The minimum absolute atomic E-state index is 0.159. The Bertz CT molecular complexity index is 486. The van der Waals surface area contributed by atoms with Crippen molar-refractivity contribution in [1.29, 1.82) is 0 Å². The van der Waals surface area contributed by atoms with E-state index in [1.807, 2.05) is 32.9 Å². The van der Waals surface area contributed by atoms with Crippen molar-refractivity contribution >= 4 is 11.8 Å². The maximum absolute atomic E-state index is 11.6. The van der Waals surface area contributed by atoms with E-state index in [2.05, 4.69) is 22.3 Å². The average molecular weight is 306 g/mol. The molecule has 122 valence electrons. The van der Waals surface area contributed by atoms with Crippen LogP contribution in [0.15, 0.2) is 24.3 Å². The number of carbonyl (C=O) groups is 1. The molecule has 2 rings (SSSR count). The van der Waals surface area contributed by atoms with E-state index in [9.17, 15) is 9.90 Å². The van der Waals surface area contributed by atoms with Gasteiger partial charge < -0.3 is 20.1 Å². The first-order valence-electron chi connectivity index (χ1n) is 7.82. The molecule has 1 saturated heterocycles. The summed E-state index contributed by atoms with van der Waals surface area (Å²) in [5.74, 6) is 0. The zero-order chi connectivity index (χ0) is 16.2. The zero-order valence-corrected chi connectivity index (χ0v) is 13.6. The number of hydrogen-bond acceptors (Lipinski definition) is 4. The lowest BCUT2D eigenvalue weighted by atomic mass is 10.1. The first-order chi connectivity index (χ1) is 10.3. The predicted octanol–water partition coefficient (Wildman–Crippen LogP) is 2.67. The van der Waals surface area contributed by atoms with Crippen molar-refractivity contribution in [2.24, 2.45) is 0 Å². The minimum Gasteiger partial charge on any atom is -0.444 e. The fraction of sp³-hybridized carbons (Fsp3) is 0.588. The molecule has 0 radical (unpaired) electrons. The number of aliphatic hydroxyl groups is 1. The van der Waals surface area contributed by atoms with E-state index in [1.165, 1.54) is 0 Å². The third-order valence-corrected chi connectivity index (χ3v) is 3.60. The Labute approximate surface area is 132 Å². The van der Waals surface area contributed by atoms with Crippen LogP contribution in [0.5, 0.6) is 0 Å². The number of piperidine rings is 1. The van der Waals surface area contributed by atoms with E-state index in [-0.39, 0.29) is 6.10 Å². The van der Waals surface area contributed by atoms with Gasteiger partial charge in [-0.2, -0.15) is 0 Å². The number of aliphatic hydroxyl groups excluding tert-OH is 1. The van der Waals surface area contributed by atoms with Crippen LogP contribution in [0.2, 0.25) is 0 Å². The Hall–Kier alpha value is -1.75. The summed E-state index contributed by atoms with van der Waals surface area (Å²) in [4.78, 5) is 13.9. The summed E-state index contributed by atoms with van der Waals surface area (Å²) in [7, 11) is 0. The van der Waals surface area contributed by atoms with Crippen LogP contribution in [0, 0.1) is 0 Å². The van der Waals surface area contributed by atoms with Crippen LogP contribution in [0.1, 0.15) is 39.2 Å². The first-order valence-corrected chi connectivity index (χ1v) is 7.82. The van der Waals surface area contributed by atoms with E-state index in [0.29, 0.717) is 6.54 Å². The van der Waals surface area contributed by atoms with Crippen molar-refractivity contribution in [1.82, 2.24) is 5.32 Å². The van der Waals surface area contributed by atoms with Crippen LogP contribution in [0.4, 0.5) is 10.5 Å². The largest absolute Gasteiger partial charge is 0.444 e. The first kappa shape index (κ1) is 16.6. The molecule has 5 nitrogen and oxygen atoms in total. The fourth-order valence-electron chi connectivity index (χ4n) is 2.44. The topological polar surface area (TPSA) is 61.8 Å². The Morgan fingerprint density at radius 1 is 1.27 bits per heavy atom. The van der Waals surface area contributed by atoms with Gasteiger partial charge >= 0.3 is 6.09 Å². The standard InChI is InChI=1S/C17H26N2O3/c1-17(2,3)22-16(21)18-12-13-4-6-14(7-5-13)19-10-8-15(20)9-11-19/h4-7,15,20H,8-12H2,1-3H3,(H,18,21). The molecular weight excluding hydrogens is 280 g/mol. The SMILES string of the molecule is CC(C)(C)OC(=O)NCc1ccc(N2CCC(O)CC2)cc1. The van der Waals surface area contributed by atoms with Gasteiger partial charge in [0.2, 0.25) is 0 Å². The number of rotatable bonds is 3. The van der Waals surface area contributed by atoms with Crippen molar-refractivity contribution in [2.75, 3.05) is 18.0 Å². The molecule has 0 aliphatic carbocycles. The molecule has 1 amide bonds. The molecule has 0 unspecified atom stereocenters. The number of hydrogen-bond donors (Lipinski definition) is 2. The van der Waals surface area contributed by atoms with Gasteiger partial charge in [-0.15, -0.1) is 0 Å². The highest BCUT2D eigenvalue weighted by molar-refractivity contribution is 5.67. The second kappa shape index (κ2) is 7.01. The smallest absolute Gasteiger partial charge is 0.407 e. The van der Waals surface area contributed by atoms with Crippen LogP contribution in [-0.4, -0.2) is 36.0 Å². The van der Waals surface area contributed by atoms with E-state index in [1.54, 1.807) is 0 Å². The maximum atomic E-state index is 11.6. The van der Waals surface area contributed by atoms with E-state index >= 15 is 0 Å². The minimum atomic E-state index is -0.479. The van der Waals surface area contributed by atoms with Gasteiger partial charge in [0.1, 0.15) is 5.60 Å². The van der Waals surface area contributed by atoms with Crippen LogP contribution < -0.4 is 10.2 Å². The molecule has 1 aliphatic rings. The molecule has 1 aromatic carbocycles. The third kappa shape index (κ3) is 5.22. The molecular formula is C17H26N2O3. The number of ether oxygens (including phenoxy) is 1. The van der Waals surface area contributed by atoms with Gasteiger partial charge in [-0.25, -0.2) is 4.79 Å². The van der Waals surface area contributed by atoms with Gasteiger partial charge in [0, 0.05) is 25.3 Å². The van der Waals surface area contributed by atoms with Crippen molar-refractivity contribution in [3.05, 3.63) is 29.8 Å². The molecule has 1 heterocycles. The van der Waals surface area contributed by atoms with E-state index < -0.39 is 11.7 Å². The summed E-state index contributed by atoms with van der Waals surface area (Å²) in [6.45, 7) is 7.76. The molecule has 2 N–H and O–H groups in total. The van der Waals surface area contributed by atoms with E-state index in [4.69, 9.17) is 4.74 Å². The van der Waals surface area contributed by atoms with Crippen LogP contribution in [0.3, 0.4) is 0 Å². The second-order valence-corrected chi connectivity index (χ2v) is 6.74. The number of benzene rings is 1. The fourth-order valence-corrected chi connectivity index (χ4v) is 2.44. The summed E-state index contributed by atoms with van der Waals surface area (Å²) in [5, 5.41) is 12.3. The zero-order valence-electron chi connectivity index (χ0n) is 13.6. The molecule has 0 bridgehead atoms. The lowest BCUT2D eigenvalue weighted by Gasteiger charge is -2.31. The van der Waals surface area contributed by atoms with Crippen molar-refractivity contribution in [2.45, 2.75) is 51.9 Å². The highest BCUT2D eigenvalue weighted by Crippen LogP contribution is 2.20. The van der Waals surface area contributed by atoms with Gasteiger partial charge in [0.25, 0.3) is 0 Å². The van der Waals surface area contributed by atoms with E-state index in [0.717, 1.165) is 37.2 Å². The van der Waals surface area contributed by atoms with Gasteiger partial charge in [-0.05, 0) is 51.3 Å². The monoisotopic (exact) mass is 306 g/mol. The summed E-state index contributed by atoms with van der Waals surface area (Å²) in [6.07, 6.45) is 1.08. The highest BCUT2D eigenvalue weighted by Gasteiger charge is 2.17. The lowest BCUT2D eigenvalue weighted by molar-refractivity contribution is 0.0523. The second-order valence-electron chi connectivity index (χ2n) is 6.74. The number of amides is 1. The lowest BCUT2D eigenvalue weighted by Crippen LogP contribution is -2.35. The Balaban J connectivity index is 1.83. The molecule has 0 spiro atoms. The normalized spacial score (nSPS) is 16.5. The number of alkyl carbamates (subject to hydrolysis) is 1. The van der Waals surface area contributed by atoms with Gasteiger partial charge in [-0.1, -0.05) is 12.1 Å². The molecule has 0 atom stereocenters. The van der Waals surface area contributed by atoms with Gasteiger partial charge in [0.15, 0.2) is 0 Å². The van der Waals surface area contributed by atoms with Crippen molar-refractivity contribution in [3.8, 4) is 0 Å². The van der Waals surface area contributed by atoms with Gasteiger partial charge in [0.05, 0.1) is 6.10 Å².